The maximum Gasteiger partial charge on any atom is 0.148 e. The molecule has 0 bridgehead atoms. The Kier molecular flexibility index (Phi) is 3.36. The molecule has 3 aromatic rings. The molecule has 5 heteroatoms. The average Bonchev–Trinajstić information content (AvgIpc) is 2.86. The molecule has 1 unspecified atom stereocenters. The Morgan fingerprint density at radius 3 is 2.40 bits per heavy atom. The van der Waals surface area contributed by atoms with Crippen molar-refractivity contribution in [1.82, 2.24) is 15.0 Å². The fourth-order valence-electron chi connectivity index (χ4n) is 2.06. The van der Waals surface area contributed by atoms with Crippen molar-refractivity contribution < 1.29 is 0 Å². The first-order valence-corrected chi connectivity index (χ1v) is 7.43. The van der Waals surface area contributed by atoms with E-state index in [-0.39, 0.29) is 6.04 Å². The zero-order chi connectivity index (χ0) is 14.1. The van der Waals surface area contributed by atoms with Crippen LogP contribution >= 0.6 is 11.3 Å². The molecular formula is C15H16N4S. The molecule has 1 atom stereocenters. The molecule has 0 aliphatic carbocycles. The summed E-state index contributed by atoms with van der Waals surface area (Å²) in [5.41, 5.74) is 3.79. The van der Waals surface area contributed by atoms with E-state index in [1.54, 1.807) is 11.3 Å². The number of fused-ring (bicyclic) bond motifs is 1. The number of rotatable bonds is 3. The van der Waals surface area contributed by atoms with Gasteiger partial charge in [0.15, 0.2) is 0 Å². The van der Waals surface area contributed by atoms with E-state index in [9.17, 15) is 0 Å². The van der Waals surface area contributed by atoms with Gasteiger partial charge in [0.25, 0.3) is 0 Å². The highest BCUT2D eigenvalue weighted by Crippen LogP contribution is 2.23. The number of aryl methyl sites for hydroxylation is 2. The predicted octanol–water partition coefficient (Wildman–Crippen LogP) is 3.88. The van der Waals surface area contributed by atoms with E-state index in [4.69, 9.17) is 0 Å². The Morgan fingerprint density at radius 2 is 1.75 bits per heavy atom. The van der Waals surface area contributed by atoms with Gasteiger partial charge in [-0.25, -0.2) is 15.0 Å². The quantitative estimate of drug-likeness (QED) is 0.793. The van der Waals surface area contributed by atoms with Gasteiger partial charge >= 0.3 is 0 Å². The number of hydrogen-bond acceptors (Lipinski definition) is 5. The minimum atomic E-state index is 0.128. The van der Waals surface area contributed by atoms with Crippen LogP contribution < -0.4 is 5.32 Å². The summed E-state index contributed by atoms with van der Waals surface area (Å²) < 4.78 is 0. The SMILES string of the molecule is Cc1csc(C(C)Nc2nc3ccccc3nc2C)n1. The zero-order valence-corrected chi connectivity index (χ0v) is 12.5. The maximum absolute atomic E-state index is 4.65. The summed E-state index contributed by atoms with van der Waals surface area (Å²) in [5.74, 6) is 0.823. The van der Waals surface area contributed by atoms with E-state index in [1.807, 2.05) is 38.1 Å². The lowest BCUT2D eigenvalue weighted by molar-refractivity contribution is 0.851. The number of para-hydroxylation sites is 2. The first-order chi connectivity index (χ1) is 9.63. The van der Waals surface area contributed by atoms with E-state index < -0.39 is 0 Å². The lowest BCUT2D eigenvalue weighted by atomic mass is 10.2. The number of nitrogens with one attached hydrogen (secondary N) is 1. The molecule has 2 aromatic heterocycles. The number of hydrogen-bond donors (Lipinski definition) is 1. The molecule has 1 aromatic carbocycles. The minimum Gasteiger partial charge on any atom is -0.360 e. The van der Waals surface area contributed by atoms with Gasteiger partial charge in [0, 0.05) is 11.1 Å². The van der Waals surface area contributed by atoms with Gasteiger partial charge in [0.05, 0.1) is 22.8 Å². The molecule has 0 fully saturated rings. The second-order valence-corrected chi connectivity index (χ2v) is 5.73. The largest absolute Gasteiger partial charge is 0.360 e. The normalized spacial score (nSPS) is 12.6. The van der Waals surface area contributed by atoms with Crippen molar-refractivity contribution in [3.63, 3.8) is 0 Å². The van der Waals surface area contributed by atoms with Gasteiger partial charge in [0.1, 0.15) is 10.8 Å². The molecule has 0 aliphatic rings. The summed E-state index contributed by atoms with van der Waals surface area (Å²) in [5, 5.41) is 6.53. The first-order valence-electron chi connectivity index (χ1n) is 6.55. The van der Waals surface area contributed by atoms with Crippen LogP contribution in [-0.4, -0.2) is 15.0 Å². The lowest BCUT2D eigenvalue weighted by Gasteiger charge is -2.14. The molecule has 0 saturated carbocycles. The predicted molar refractivity (Wildman–Crippen MR) is 83.2 cm³/mol. The second kappa shape index (κ2) is 5.17. The Bertz CT molecular complexity index is 750. The minimum absolute atomic E-state index is 0.128. The third-order valence-electron chi connectivity index (χ3n) is 3.11. The standard InChI is InChI=1S/C15H16N4S/c1-9-8-20-15(16-9)11(3)18-14-10(2)17-12-6-4-5-7-13(12)19-14/h4-8,11H,1-3H3,(H,18,19). The van der Waals surface area contributed by atoms with Crippen LogP contribution in [0.25, 0.3) is 11.0 Å². The molecule has 4 nitrogen and oxygen atoms in total. The van der Waals surface area contributed by atoms with E-state index in [2.05, 4.69) is 32.6 Å². The fourth-order valence-corrected chi connectivity index (χ4v) is 2.87. The molecule has 2 heterocycles. The van der Waals surface area contributed by atoms with E-state index in [1.165, 1.54) is 0 Å². The molecule has 20 heavy (non-hydrogen) atoms. The van der Waals surface area contributed by atoms with Crippen molar-refractivity contribution in [1.29, 1.82) is 0 Å². The summed E-state index contributed by atoms with van der Waals surface area (Å²) in [6.07, 6.45) is 0. The maximum atomic E-state index is 4.65. The van der Waals surface area contributed by atoms with Gasteiger partial charge in [-0.05, 0) is 32.9 Å². The van der Waals surface area contributed by atoms with Gasteiger partial charge in [-0.15, -0.1) is 11.3 Å². The zero-order valence-electron chi connectivity index (χ0n) is 11.7. The monoisotopic (exact) mass is 284 g/mol. The van der Waals surface area contributed by atoms with Crippen molar-refractivity contribution in [2.45, 2.75) is 26.8 Å². The van der Waals surface area contributed by atoms with Crippen LogP contribution in [0.4, 0.5) is 5.82 Å². The van der Waals surface area contributed by atoms with Crippen LogP contribution in [0.3, 0.4) is 0 Å². The third-order valence-corrected chi connectivity index (χ3v) is 4.25. The van der Waals surface area contributed by atoms with E-state index >= 15 is 0 Å². The Labute approximate surface area is 121 Å². The van der Waals surface area contributed by atoms with Crippen LogP contribution in [0.5, 0.6) is 0 Å². The topological polar surface area (TPSA) is 50.7 Å². The van der Waals surface area contributed by atoms with Crippen LogP contribution in [0, 0.1) is 13.8 Å². The first kappa shape index (κ1) is 13.0. The van der Waals surface area contributed by atoms with Crippen molar-refractivity contribution in [3.05, 3.63) is 46.0 Å². The van der Waals surface area contributed by atoms with Gasteiger partial charge in [-0.2, -0.15) is 0 Å². The molecule has 1 N–H and O–H groups in total. The number of nitrogens with zero attached hydrogens (tertiary/aromatic N) is 3. The average molecular weight is 284 g/mol. The number of aromatic nitrogens is 3. The second-order valence-electron chi connectivity index (χ2n) is 4.84. The summed E-state index contributed by atoms with van der Waals surface area (Å²) in [4.78, 5) is 13.7. The van der Waals surface area contributed by atoms with Crippen LogP contribution in [0.1, 0.15) is 29.4 Å². The Hall–Kier alpha value is -2.01. The summed E-state index contributed by atoms with van der Waals surface area (Å²) in [7, 11) is 0. The van der Waals surface area contributed by atoms with Crippen molar-refractivity contribution >= 4 is 28.2 Å². The number of anilines is 1. The van der Waals surface area contributed by atoms with Gasteiger partial charge in [-0.3, -0.25) is 0 Å². The van der Waals surface area contributed by atoms with Crippen LogP contribution in [0.2, 0.25) is 0 Å². The van der Waals surface area contributed by atoms with Crippen molar-refractivity contribution in [2.75, 3.05) is 5.32 Å². The smallest absolute Gasteiger partial charge is 0.148 e. The van der Waals surface area contributed by atoms with Gasteiger partial charge in [-0.1, -0.05) is 12.1 Å². The molecule has 0 spiro atoms. The lowest BCUT2D eigenvalue weighted by Crippen LogP contribution is -2.10. The van der Waals surface area contributed by atoms with Gasteiger partial charge < -0.3 is 5.32 Å². The Balaban J connectivity index is 1.92. The third kappa shape index (κ3) is 2.49. The summed E-state index contributed by atoms with van der Waals surface area (Å²) >= 11 is 1.66. The molecule has 0 radical (unpaired) electrons. The van der Waals surface area contributed by atoms with Crippen molar-refractivity contribution in [2.24, 2.45) is 0 Å². The van der Waals surface area contributed by atoms with E-state index in [0.29, 0.717) is 0 Å². The highest BCUT2D eigenvalue weighted by atomic mass is 32.1. The van der Waals surface area contributed by atoms with E-state index in [0.717, 1.165) is 33.2 Å². The summed E-state index contributed by atoms with van der Waals surface area (Å²) in [6.45, 7) is 6.07. The highest BCUT2D eigenvalue weighted by molar-refractivity contribution is 7.09. The highest BCUT2D eigenvalue weighted by Gasteiger charge is 2.12. The number of thiazole rings is 1. The number of benzene rings is 1. The Morgan fingerprint density at radius 1 is 1.05 bits per heavy atom. The molecule has 0 aliphatic heterocycles. The van der Waals surface area contributed by atoms with Gasteiger partial charge in [0.2, 0.25) is 0 Å². The molecule has 0 amide bonds. The summed E-state index contributed by atoms with van der Waals surface area (Å²) in [6, 6.07) is 8.04. The molecular weight excluding hydrogens is 268 g/mol. The van der Waals surface area contributed by atoms with Crippen LogP contribution in [-0.2, 0) is 0 Å². The molecule has 3 rings (SSSR count). The van der Waals surface area contributed by atoms with Crippen LogP contribution in [0.15, 0.2) is 29.6 Å². The molecule has 0 saturated heterocycles. The molecule has 102 valence electrons. The fraction of sp³-hybridized carbons (Fsp3) is 0.267. The van der Waals surface area contributed by atoms with Crippen molar-refractivity contribution in [3.8, 4) is 0 Å².